The maximum atomic E-state index is 11.5. The second-order valence-corrected chi connectivity index (χ2v) is 6.36. The molecule has 0 bridgehead atoms. The first kappa shape index (κ1) is 18.1. The Morgan fingerprint density at radius 3 is 2.19 bits per heavy atom. The van der Waals surface area contributed by atoms with Crippen molar-refractivity contribution in [3.05, 3.63) is 0 Å². The summed E-state index contributed by atoms with van der Waals surface area (Å²) in [6.07, 6.45) is -14.4. The van der Waals surface area contributed by atoms with Crippen LogP contribution in [0.5, 0.6) is 0 Å². The lowest BCUT2D eigenvalue weighted by Crippen LogP contribution is -2.67. The molecule has 0 saturated carbocycles. The van der Waals surface area contributed by atoms with E-state index in [1.54, 1.807) is 0 Å². The Morgan fingerprint density at radius 2 is 1.63 bits per heavy atom. The van der Waals surface area contributed by atoms with Gasteiger partial charge >= 0.3 is 0 Å². The van der Waals surface area contributed by atoms with Gasteiger partial charge in [-0.05, 0) is 0 Å². The second kappa shape index (κ2) is 9.52. The SMILES string of the molecule is [2H]C([2H])([2H])O[C@@H]1O[C@H](CO)[C@@H](O[C@@H]2O[C@H](CO)[C@@H](O)[C@H](O)[C@@H]2O)[C@H](O)[C@H]1NC(C)=O. The smallest absolute Gasteiger partial charge is 0.217 e. The molecule has 27 heavy (non-hydrogen) atoms. The van der Waals surface area contributed by atoms with Gasteiger partial charge in [0, 0.05) is 14.0 Å². The summed E-state index contributed by atoms with van der Waals surface area (Å²) in [5, 5.41) is 61.7. The van der Waals surface area contributed by atoms with Gasteiger partial charge in [0.05, 0.1) is 17.3 Å². The fourth-order valence-electron chi connectivity index (χ4n) is 3.06. The molecule has 2 rings (SSSR count). The first-order chi connectivity index (χ1) is 13.9. The van der Waals surface area contributed by atoms with Crippen molar-refractivity contribution in [1.29, 1.82) is 0 Å². The van der Waals surface area contributed by atoms with E-state index in [0.29, 0.717) is 0 Å². The summed E-state index contributed by atoms with van der Waals surface area (Å²) in [7, 11) is -2.95. The van der Waals surface area contributed by atoms with E-state index in [1.807, 2.05) is 0 Å². The van der Waals surface area contributed by atoms with Crippen molar-refractivity contribution in [2.24, 2.45) is 0 Å². The quantitative estimate of drug-likeness (QED) is 0.227. The lowest BCUT2D eigenvalue weighted by Gasteiger charge is -2.46. The summed E-state index contributed by atoms with van der Waals surface area (Å²) in [5.41, 5.74) is 0. The molecule has 2 saturated heterocycles. The van der Waals surface area contributed by atoms with E-state index in [4.69, 9.17) is 23.1 Å². The fraction of sp³-hybridized carbons (Fsp3) is 0.933. The third-order valence-corrected chi connectivity index (χ3v) is 4.48. The maximum Gasteiger partial charge on any atom is 0.217 e. The molecule has 10 atom stereocenters. The van der Waals surface area contributed by atoms with Crippen molar-refractivity contribution in [2.45, 2.75) is 68.3 Å². The number of aliphatic hydroxyl groups is 6. The summed E-state index contributed by atoms with van der Waals surface area (Å²) in [6.45, 7) is -0.404. The largest absolute Gasteiger partial charge is 0.394 e. The highest BCUT2D eigenvalue weighted by Crippen LogP contribution is 2.29. The molecule has 0 aromatic carbocycles. The van der Waals surface area contributed by atoms with E-state index in [9.17, 15) is 35.4 Å². The third kappa shape index (κ3) is 4.74. The van der Waals surface area contributed by atoms with Crippen molar-refractivity contribution in [1.82, 2.24) is 5.32 Å². The molecule has 2 heterocycles. The van der Waals surface area contributed by atoms with Crippen LogP contribution in [0.1, 0.15) is 11.0 Å². The monoisotopic (exact) mass is 400 g/mol. The van der Waals surface area contributed by atoms with E-state index in [0.717, 1.165) is 6.92 Å². The van der Waals surface area contributed by atoms with Crippen molar-refractivity contribution < 1.29 is 58.5 Å². The molecule has 12 nitrogen and oxygen atoms in total. The highest BCUT2D eigenvalue weighted by Gasteiger charge is 2.51. The summed E-state index contributed by atoms with van der Waals surface area (Å²) in [5.74, 6) is -0.657. The number of carbonyl (C=O) groups is 1. The zero-order valence-corrected chi connectivity index (χ0v) is 14.4. The summed E-state index contributed by atoms with van der Waals surface area (Å²) in [4.78, 5) is 11.5. The minimum Gasteiger partial charge on any atom is -0.394 e. The molecule has 0 aromatic rings. The van der Waals surface area contributed by atoms with Crippen LogP contribution in [0.2, 0.25) is 0 Å². The van der Waals surface area contributed by atoms with Gasteiger partial charge < -0.3 is 54.9 Å². The highest BCUT2D eigenvalue weighted by atomic mass is 16.7. The zero-order chi connectivity index (χ0) is 22.8. The van der Waals surface area contributed by atoms with Gasteiger partial charge in [-0.3, -0.25) is 4.79 Å². The summed E-state index contributed by atoms with van der Waals surface area (Å²) >= 11 is 0. The molecular weight excluding hydrogens is 370 g/mol. The predicted molar refractivity (Wildman–Crippen MR) is 85.0 cm³/mol. The molecule has 0 aliphatic carbocycles. The standard InChI is InChI=1S/C15H27NO11/c1-5(19)16-8-10(21)13(7(4-18)26-14(8)24-2)27-15-12(23)11(22)9(20)6(3-17)25-15/h6-15,17-18,20-23H,3-4H2,1-2H3,(H,16,19)/t6-,7-,8-,9-,10-,11+,12+,13-,14-,15+/m1/s1/i2D3. The van der Waals surface area contributed by atoms with Gasteiger partial charge in [0.15, 0.2) is 12.6 Å². The first-order valence-corrected chi connectivity index (χ1v) is 8.25. The molecular formula is C15H27NO11. The molecule has 158 valence electrons. The number of amides is 1. The molecule has 12 heteroatoms. The number of methoxy groups -OCH3 is 1. The van der Waals surface area contributed by atoms with Crippen molar-refractivity contribution >= 4 is 5.91 Å². The molecule has 0 spiro atoms. The normalized spacial score (nSPS) is 47.6. The Bertz CT molecular complexity index is 581. The van der Waals surface area contributed by atoms with Gasteiger partial charge in [0.2, 0.25) is 5.91 Å². The molecule has 0 aromatic heterocycles. The number of nitrogens with one attached hydrogen (secondary N) is 1. The molecule has 2 aliphatic rings. The lowest BCUT2D eigenvalue weighted by atomic mass is 9.95. The zero-order valence-electron chi connectivity index (χ0n) is 17.4. The average Bonchev–Trinajstić information content (AvgIpc) is 2.65. The topological polar surface area (TPSA) is 187 Å². The van der Waals surface area contributed by atoms with Gasteiger partial charge in [-0.25, -0.2) is 0 Å². The molecule has 7 N–H and O–H groups in total. The van der Waals surface area contributed by atoms with Gasteiger partial charge in [0.25, 0.3) is 0 Å². The van der Waals surface area contributed by atoms with Gasteiger partial charge in [-0.1, -0.05) is 0 Å². The Morgan fingerprint density at radius 1 is 1.00 bits per heavy atom. The number of hydrogen-bond acceptors (Lipinski definition) is 11. The molecule has 1 amide bonds. The predicted octanol–water partition coefficient (Wildman–Crippen LogP) is -4.60. The lowest BCUT2D eigenvalue weighted by molar-refractivity contribution is -0.346. The minimum atomic E-state index is -2.95. The number of aliphatic hydroxyl groups excluding tert-OH is 6. The van der Waals surface area contributed by atoms with Crippen LogP contribution in [0.3, 0.4) is 0 Å². The van der Waals surface area contributed by atoms with Crippen LogP contribution in [0.25, 0.3) is 0 Å². The molecule has 2 aliphatic heterocycles. The van der Waals surface area contributed by atoms with Crippen LogP contribution in [0, 0.1) is 0 Å². The Kier molecular flexibility index (Phi) is 6.39. The van der Waals surface area contributed by atoms with Gasteiger partial charge in [-0.2, -0.15) is 0 Å². The van der Waals surface area contributed by atoms with Crippen LogP contribution in [-0.2, 0) is 23.7 Å². The Balaban J connectivity index is 2.24. The molecule has 2 fully saturated rings. The van der Waals surface area contributed by atoms with Gasteiger partial charge in [-0.15, -0.1) is 0 Å². The fourth-order valence-corrected chi connectivity index (χ4v) is 3.06. The van der Waals surface area contributed by atoms with E-state index in [1.165, 1.54) is 0 Å². The van der Waals surface area contributed by atoms with Crippen LogP contribution in [0.15, 0.2) is 0 Å². The number of ether oxygens (including phenoxy) is 4. The first-order valence-electron chi connectivity index (χ1n) is 9.75. The second-order valence-electron chi connectivity index (χ2n) is 6.36. The number of carbonyl (C=O) groups excluding carboxylic acids is 1. The third-order valence-electron chi connectivity index (χ3n) is 4.48. The molecule has 0 radical (unpaired) electrons. The van der Waals surface area contributed by atoms with Crippen LogP contribution in [0.4, 0.5) is 0 Å². The molecule has 0 unspecified atom stereocenters. The Hall–Kier alpha value is -0.930. The summed E-state index contributed by atoms with van der Waals surface area (Å²) < 4.78 is 42.4. The Labute approximate surface area is 159 Å². The van der Waals surface area contributed by atoms with Crippen LogP contribution < -0.4 is 5.32 Å². The van der Waals surface area contributed by atoms with Crippen LogP contribution in [-0.4, -0.2) is 118 Å². The van der Waals surface area contributed by atoms with Gasteiger partial charge in [0.1, 0.15) is 48.8 Å². The number of hydrogen-bond donors (Lipinski definition) is 7. The average molecular weight is 400 g/mol. The summed E-state index contributed by atoms with van der Waals surface area (Å²) in [6, 6.07) is -1.44. The van der Waals surface area contributed by atoms with Crippen LogP contribution >= 0.6 is 0 Å². The van der Waals surface area contributed by atoms with E-state index in [-0.39, 0.29) is 0 Å². The van der Waals surface area contributed by atoms with E-state index >= 15 is 0 Å². The minimum absolute atomic E-state index is 0.657. The van der Waals surface area contributed by atoms with Crippen molar-refractivity contribution in [3.63, 3.8) is 0 Å². The van der Waals surface area contributed by atoms with Crippen molar-refractivity contribution in [3.8, 4) is 0 Å². The van der Waals surface area contributed by atoms with Crippen molar-refractivity contribution in [2.75, 3.05) is 20.3 Å². The van der Waals surface area contributed by atoms with E-state index < -0.39 is 87.5 Å². The maximum absolute atomic E-state index is 11.5. The van der Waals surface area contributed by atoms with E-state index in [2.05, 4.69) is 5.32 Å². The highest BCUT2D eigenvalue weighted by molar-refractivity contribution is 5.73. The number of rotatable bonds is 6.